The number of carbonyl (C=O) groups excluding carboxylic acids is 2. The number of rotatable bonds is 4. The lowest BCUT2D eigenvalue weighted by atomic mass is 10.1. The van der Waals surface area contributed by atoms with Crippen molar-refractivity contribution in [3.63, 3.8) is 0 Å². The summed E-state index contributed by atoms with van der Waals surface area (Å²) in [6, 6.07) is 7.80. The fourth-order valence-electron chi connectivity index (χ4n) is 4.65. The van der Waals surface area contributed by atoms with Crippen molar-refractivity contribution in [2.24, 2.45) is 11.8 Å². The van der Waals surface area contributed by atoms with E-state index in [0.717, 1.165) is 12.1 Å². The van der Waals surface area contributed by atoms with Gasteiger partial charge in [-0.2, -0.15) is 0 Å². The summed E-state index contributed by atoms with van der Waals surface area (Å²) in [5.74, 6) is -0.414. The Morgan fingerprint density at radius 3 is 2.63 bits per heavy atom. The van der Waals surface area contributed by atoms with Crippen LogP contribution in [0.5, 0.6) is 0 Å². The van der Waals surface area contributed by atoms with Crippen LogP contribution in [0.1, 0.15) is 32.3 Å². The number of anilines is 1. The number of amides is 2. The van der Waals surface area contributed by atoms with Gasteiger partial charge in [0.25, 0.3) is 0 Å². The highest BCUT2D eigenvalue weighted by atomic mass is 32.2. The maximum absolute atomic E-state index is 13.1. The van der Waals surface area contributed by atoms with Crippen LogP contribution < -0.4 is 4.90 Å². The molecule has 1 aromatic carbocycles. The maximum atomic E-state index is 13.1. The van der Waals surface area contributed by atoms with Crippen LogP contribution in [0.3, 0.4) is 0 Å². The molecule has 27 heavy (non-hydrogen) atoms. The van der Waals surface area contributed by atoms with Crippen LogP contribution in [0.25, 0.3) is 0 Å². The van der Waals surface area contributed by atoms with Crippen LogP contribution in [0, 0.1) is 11.8 Å². The van der Waals surface area contributed by atoms with Crippen molar-refractivity contribution in [1.82, 2.24) is 4.90 Å². The van der Waals surface area contributed by atoms with E-state index in [1.54, 1.807) is 4.90 Å². The highest BCUT2D eigenvalue weighted by Crippen LogP contribution is 2.45. The van der Waals surface area contributed by atoms with Gasteiger partial charge in [0.15, 0.2) is 9.84 Å². The number of hydrogen-bond donors (Lipinski definition) is 0. The maximum Gasteiger partial charge on any atom is 0.231 e. The molecule has 1 saturated carbocycles. The zero-order valence-electron chi connectivity index (χ0n) is 15.8. The molecule has 6 nitrogen and oxygen atoms in total. The smallest absolute Gasteiger partial charge is 0.231 e. The van der Waals surface area contributed by atoms with Crippen molar-refractivity contribution in [2.45, 2.75) is 45.2 Å². The fraction of sp³-hybridized carbons (Fsp3) is 0.600. The first-order chi connectivity index (χ1) is 12.8. The number of nitrogens with zero attached hydrogens (tertiary/aromatic N) is 2. The zero-order chi connectivity index (χ0) is 19.3. The molecule has 2 heterocycles. The molecule has 0 N–H and O–H groups in total. The Kier molecular flexibility index (Phi) is 4.53. The SMILES string of the molecule is CCN(C(=O)C1CC1C(=O)N1c2ccccc2CC1C)C1CCS(=O)(=O)C1. The molecule has 0 aromatic heterocycles. The average molecular weight is 391 g/mol. The van der Waals surface area contributed by atoms with E-state index in [1.807, 2.05) is 43.0 Å². The minimum Gasteiger partial charge on any atom is -0.339 e. The lowest BCUT2D eigenvalue weighted by molar-refractivity contribution is -0.136. The van der Waals surface area contributed by atoms with Gasteiger partial charge in [0.05, 0.1) is 23.3 Å². The average Bonchev–Trinajstić information content (AvgIpc) is 3.25. The van der Waals surface area contributed by atoms with Crippen LogP contribution >= 0.6 is 0 Å². The molecule has 0 radical (unpaired) electrons. The van der Waals surface area contributed by atoms with E-state index >= 15 is 0 Å². The second-order valence-electron chi connectivity index (χ2n) is 8.02. The molecule has 1 aliphatic carbocycles. The number of carbonyl (C=O) groups is 2. The molecule has 7 heteroatoms. The number of sulfone groups is 1. The van der Waals surface area contributed by atoms with Gasteiger partial charge in [0, 0.05) is 24.3 Å². The summed E-state index contributed by atoms with van der Waals surface area (Å²) in [5, 5.41) is 0. The van der Waals surface area contributed by atoms with Gasteiger partial charge in [-0.05, 0) is 44.7 Å². The van der Waals surface area contributed by atoms with Gasteiger partial charge in [-0.25, -0.2) is 8.42 Å². The van der Waals surface area contributed by atoms with Gasteiger partial charge in [-0.1, -0.05) is 18.2 Å². The van der Waals surface area contributed by atoms with Gasteiger partial charge in [-0.3, -0.25) is 9.59 Å². The number of para-hydroxylation sites is 1. The number of fused-ring (bicyclic) bond motifs is 1. The monoisotopic (exact) mass is 390 g/mol. The van der Waals surface area contributed by atoms with Crippen molar-refractivity contribution < 1.29 is 18.0 Å². The summed E-state index contributed by atoms with van der Waals surface area (Å²) in [4.78, 5) is 29.6. The third-order valence-electron chi connectivity index (χ3n) is 6.14. The molecular formula is C20H26N2O4S. The topological polar surface area (TPSA) is 74.8 Å². The van der Waals surface area contributed by atoms with Crippen molar-refractivity contribution in [1.29, 1.82) is 0 Å². The molecular weight excluding hydrogens is 364 g/mol. The minimum absolute atomic E-state index is 0.0286. The lowest BCUT2D eigenvalue weighted by Crippen LogP contribution is -2.43. The van der Waals surface area contributed by atoms with Crippen LogP contribution in [-0.4, -0.2) is 55.3 Å². The molecule has 4 atom stereocenters. The molecule has 4 unspecified atom stereocenters. The van der Waals surface area contributed by atoms with Crippen LogP contribution in [0.2, 0.25) is 0 Å². The first-order valence-corrected chi connectivity index (χ1v) is 11.6. The second-order valence-corrected chi connectivity index (χ2v) is 10.2. The molecule has 2 aliphatic heterocycles. The predicted molar refractivity (Wildman–Crippen MR) is 103 cm³/mol. The highest BCUT2D eigenvalue weighted by Gasteiger charge is 2.53. The normalized spacial score (nSPS) is 30.8. The van der Waals surface area contributed by atoms with E-state index in [-0.39, 0.29) is 47.2 Å². The zero-order valence-corrected chi connectivity index (χ0v) is 16.6. The summed E-state index contributed by atoms with van der Waals surface area (Å²) in [6.45, 7) is 4.40. The standard InChI is InChI=1S/C20H26N2O4S/c1-3-21(15-8-9-27(25,26)12-15)19(23)16-11-17(16)20(24)22-13(2)10-14-6-4-5-7-18(14)22/h4-7,13,15-17H,3,8-12H2,1-2H3. The van der Waals surface area contributed by atoms with Gasteiger partial charge in [0.1, 0.15) is 0 Å². The first kappa shape index (κ1) is 18.5. The summed E-state index contributed by atoms with van der Waals surface area (Å²) < 4.78 is 23.5. The highest BCUT2D eigenvalue weighted by molar-refractivity contribution is 7.91. The first-order valence-electron chi connectivity index (χ1n) is 9.74. The number of hydrogen-bond acceptors (Lipinski definition) is 4. The van der Waals surface area contributed by atoms with E-state index in [2.05, 4.69) is 0 Å². The van der Waals surface area contributed by atoms with Crippen LogP contribution in [0.4, 0.5) is 5.69 Å². The Balaban J connectivity index is 1.46. The third-order valence-corrected chi connectivity index (χ3v) is 7.89. The van der Waals surface area contributed by atoms with E-state index < -0.39 is 9.84 Å². The molecule has 146 valence electrons. The largest absolute Gasteiger partial charge is 0.339 e. The van der Waals surface area contributed by atoms with E-state index in [0.29, 0.717) is 19.4 Å². The Labute approximate surface area is 160 Å². The van der Waals surface area contributed by atoms with Crippen LogP contribution in [-0.2, 0) is 25.8 Å². The molecule has 0 bridgehead atoms. The third kappa shape index (κ3) is 3.26. The van der Waals surface area contributed by atoms with E-state index in [1.165, 1.54) is 5.56 Å². The number of benzene rings is 1. The summed E-state index contributed by atoms with van der Waals surface area (Å²) in [7, 11) is -3.04. The summed E-state index contributed by atoms with van der Waals surface area (Å²) in [6.07, 6.45) is 1.91. The molecule has 1 saturated heterocycles. The van der Waals surface area contributed by atoms with E-state index in [4.69, 9.17) is 0 Å². The van der Waals surface area contributed by atoms with Gasteiger partial charge >= 0.3 is 0 Å². The van der Waals surface area contributed by atoms with E-state index in [9.17, 15) is 18.0 Å². The molecule has 3 aliphatic rings. The lowest BCUT2D eigenvalue weighted by Gasteiger charge is -2.27. The molecule has 4 rings (SSSR count). The summed E-state index contributed by atoms with van der Waals surface area (Å²) in [5.41, 5.74) is 2.13. The molecule has 0 spiro atoms. The Hall–Kier alpha value is -1.89. The Bertz CT molecular complexity index is 882. The fourth-order valence-corrected chi connectivity index (χ4v) is 6.38. The predicted octanol–water partition coefficient (Wildman–Crippen LogP) is 1.64. The van der Waals surface area contributed by atoms with Crippen LogP contribution in [0.15, 0.2) is 24.3 Å². The van der Waals surface area contributed by atoms with Gasteiger partial charge in [-0.15, -0.1) is 0 Å². The second kappa shape index (κ2) is 6.62. The van der Waals surface area contributed by atoms with Crippen molar-refractivity contribution in [2.75, 3.05) is 23.0 Å². The van der Waals surface area contributed by atoms with Crippen molar-refractivity contribution in [3.8, 4) is 0 Å². The van der Waals surface area contributed by atoms with Gasteiger partial charge < -0.3 is 9.80 Å². The summed E-state index contributed by atoms with van der Waals surface area (Å²) >= 11 is 0. The molecule has 1 aromatic rings. The Morgan fingerprint density at radius 2 is 1.96 bits per heavy atom. The molecule has 2 amide bonds. The molecule has 2 fully saturated rings. The Morgan fingerprint density at radius 1 is 1.22 bits per heavy atom. The quantitative estimate of drug-likeness (QED) is 0.783. The van der Waals surface area contributed by atoms with Crippen molar-refractivity contribution >= 4 is 27.3 Å². The van der Waals surface area contributed by atoms with Gasteiger partial charge in [0.2, 0.25) is 11.8 Å². The van der Waals surface area contributed by atoms with Crippen molar-refractivity contribution in [3.05, 3.63) is 29.8 Å². The minimum atomic E-state index is -3.04.